The first-order valence-corrected chi connectivity index (χ1v) is 9.18. The fraction of sp³-hybridized carbons (Fsp3) is 0. The third-order valence-corrected chi connectivity index (χ3v) is 0. The molecule has 0 fully saturated rings. The van der Waals surface area contributed by atoms with Crippen molar-refractivity contribution >= 4 is 31.3 Å². The molecule has 0 aromatic carbocycles. The van der Waals surface area contributed by atoms with Gasteiger partial charge in [-0.1, -0.05) is 0 Å². The topological polar surface area (TPSA) is 408 Å². The van der Waals surface area contributed by atoms with Crippen LogP contribution in [0.25, 0.3) is 0 Å². The van der Waals surface area contributed by atoms with Crippen LogP contribution in [0.15, 0.2) is 0 Å². The SMILES string of the molecule is O=P([O-])(O)O.O=P([O-])(O)O.O=P([O-])(O)O.O=P([O-])(O)O.[Mo].[Mo].[O-2].[O-2].[O-2]. The van der Waals surface area contributed by atoms with E-state index in [0.29, 0.717) is 0 Å². The standard InChI is InChI=1S/2Mo.4H3O4P.3O/c;;4*1-5(2,3)4;;;/h;;4*(H3,1,2,3,4);;;/q;;;;;;3*-2/p-4. The molecule has 0 aliphatic heterocycles. The monoisotopic (exact) mass is 632 g/mol. The van der Waals surface area contributed by atoms with Gasteiger partial charge in [0.05, 0.1) is 0 Å². The molecule has 0 aliphatic rings. The van der Waals surface area contributed by atoms with E-state index in [4.69, 9.17) is 77.0 Å². The van der Waals surface area contributed by atoms with E-state index in [-0.39, 0.29) is 58.6 Å². The quantitative estimate of drug-likeness (QED) is 0.0913. The van der Waals surface area contributed by atoms with Crippen molar-refractivity contribution < 1.29 is 136 Å². The fourth-order valence-corrected chi connectivity index (χ4v) is 0. The second-order valence-electron chi connectivity index (χ2n) is 1.96. The Morgan fingerprint density at radius 1 is 0.400 bits per heavy atom. The van der Waals surface area contributed by atoms with Crippen LogP contribution in [0.3, 0.4) is 0 Å². The molecular formula is H8Mo2O19P4-10. The van der Waals surface area contributed by atoms with Crippen molar-refractivity contribution in [3.8, 4) is 0 Å². The second-order valence-corrected chi connectivity index (χ2v) is 5.89. The fourth-order valence-electron chi connectivity index (χ4n) is 0. The Kier molecular flexibility index (Phi) is 53.4. The molecule has 0 saturated carbocycles. The van der Waals surface area contributed by atoms with Crippen LogP contribution in [-0.2, 0) is 76.8 Å². The molecule has 0 heterocycles. The van der Waals surface area contributed by atoms with Crippen LogP contribution in [0.2, 0.25) is 0 Å². The maximum atomic E-state index is 8.77. The predicted octanol–water partition coefficient (Wildman–Crippen LogP) is -6.60. The summed E-state index contributed by atoms with van der Waals surface area (Å²) in [6.45, 7) is 0. The molecule has 0 aromatic rings. The Bertz CT molecular complexity index is 290. The van der Waals surface area contributed by atoms with Gasteiger partial charge >= 0.3 is 0 Å². The van der Waals surface area contributed by atoms with E-state index in [1.807, 2.05) is 0 Å². The van der Waals surface area contributed by atoms with Crippen molar-refractivity contribution in [1.29, 1.82) is 0 Å². The summed E-state index contributed by atoms with van der Waals surface area (Å²) in [5.74, 6) is 0. The first-order chi connectivity index (χ1) is 8.00. The predicted molar refractivity (Wildman–Crippen MR) is 50.2 cm³/mol. The van der Waals surface area contributed by atoms with E-state index in [2.05, 4.69) is 0 Å². The summed E-state index contributed by atoms with van der Waals surface area (Å²) in [5, 5.41) is 0. The largest absolute Gasteiger partial charge is 2.00 e. The van der Waals surface area contributed by atoms with Crippen LogP contribution in [0.4, 0.5) is 0 Å². The molecule has 19 nitrogen and oxygen atoms in total. The molecule has 0 aromatic heterocycles. The van der Waals surface area contributed by atoms with E-state index in [1.165, 1.54) is 0 Å². The van der Waals surface area contributed by atoms with E-state index in [1.54, 1.807) is 0 Å². The van der Waals surface area contributed by atoms with Crippen molar-refractivity contribution in [3.05, 3.63) is 0 Å². The molecule has 0 aliphatic carbocycles. The normalized spacial score (nSPS) is 9.44. The molecule has 164 valence electrons. The first kappa shape index (κ1) is 56.3. The summed E-state index contributed by atoms with van der Waals surface area (Å²) >= 11 is 0. The van der Waals surface area contributed by atoms with Crippen LogP contribution >= 0.6 is 31.3 Å². The Labute approximate surface area is 166 Å². The zero-order valence-electron chi connectivity index (χ0n) is 10.7. The number of rotatable bonds is 0. The summed E-state index contributed by atoms with van der Waals surface area (Å²) in [5.41, 5.74) is 0. The van der Waals surface area contributed by atoms with Gasteiger partial charge in [0.1, 0.15) is 0 Å². The Morgan fingerprint density at radius 3 is 0.400 bits per heavy atom. The molecule has 25 heteroatoms. The van der Waals surface area contributed by atoms with Crippen molar-refractivity contribution in [3.63, 3.8) is 0 Å². The van der Waals surface area contributed by atoms with E-state index < -0.39 is 31.3 Å². The molecule has 25 heavy (non-hydrogen) atoms. The maximum Gasteiger partial charge on any atom is 0.262 e. The van der Waals surface area contributed by atoms with E-state index in [0.717, 1.165) is 0 Å². The third-order valence-electron chi connectivity index (χ3n) is 0. The summed E-state index contributed by atoms with van der Waals surface area (Å²) < 4.78 is 35.1. The molecule has 0 rings (SSSR count). The molecule has 0 spiro atoms. The molecule has 0 radical (unpaired) electrons. The zero-order chi connectivity index (χ0) is 18.0. The third kappa shape index (κ3) is 5010. The van der Waals surface area contributed by atoms with Crippen molar-refractivity contribution in [2.24, 2.45) is 0 Å². The minimum Gasteiger partial charge on any atom is -2.00 e. The van der Waals surface area contributed by atoms with Crippen LogP contribution in [-0.4, -0.2) is 39.1 Å². The van der Waals surface area contributed by atoms with Gasteiger partial charge in [-0.15, -0.1) is 0 Å². The summed E-state index contributed by atoms with van der Waals surface area (Å²) in [4.78, 5) is 91.7. The van der Waals surface area contributed by atoms with E-state index in [9.17, 15) is 0 Å². The minimum absolute atomic E-state index is 0. The molecule has 0 saturated heterocycles. The summed E-state index contributed by atoms with van der Waals surface area (Å²) in [7, 11) is -19.6. The smallest absolute Gasteiger partial charge is 0.262 e. The van der Waals surface area contributed by atoms with Gasteiger partial charge in [-0.3, -0.25) is 18.3 Å². The Morgan fingerprint density at radius 2 is 0.400 bits per heavy atom. The molecule has 0 atom stereocenters. The summed E-state index contributed by atoms with van der Waals surface area (Å²) in [6.07, 6.45) is 0. The number of hydrogen-bond donors (Lipinski definition) is 8. The molecular weight excluding hydrogens is 620 g/mol. The molecule has 0 bridgehead atoms. The van der Waals surface area contributed by atoms with Gasteiger partial charge in [-0.25, -0.2) is 0 Å². The summed E-state index contributed by atoms with van der Waals surface area (Å²) in [6, 6.07) is 0. The van der Waals surface area contributed by atoms with Crippen molar-refractivity contribution in [2.45, 2.75) is 0 Å². The minimum atomic E-state index is -4.89. The van der Waals surface area contributed by atoms with Gasteiger partial charge in [-0.05, 0) is 0 Å². The first-order valence-electron chi connectivity index (χ1n) is 3.06. The molecule has 0 amide bonds. The van der Waals surface area contributed by atoms with Crippen molar-refractivity contribution in [2.75, 3.05) is 0 Å². The maximum absolute atomic E-state index is 8.77. The van der Waals surface area contributed by atoms with Crippen LogP contribution in [0.1, 0.15) is 0 Å². The van der Waals surface area contributed by atoms with E-state index >= 15 is 0 Å². The van der Waals surface area contributed by atoms with Gasteiger partial charge in [0.15, 0.2) is 0 Å². The van der Waals surface area contributed by atoms with Gasteiger partial charge in [0.25, 0.3) is 31.3 Å². The van der Waals surface area contributed by atoms with Crippen LogP contribution in [0, 0.1) is 0 Å². The van der Waals surface area contributed by atoms with Crippen LogP contribution < -0.4 is 19.6 Å². The molecule has 8 N–H and O–H groups in total. The number of hydrogen-bond acceptors (Lipinski definition) is 8. The Hall–Kier alpha value is 1.70. The second kappa shape index (κ2) is 23.7. The van der Waals surface area contributed by atoms with Gasteiger partial charge in [0.2, 0.25) is 0 Å². The van der Waals surface area contributed by atoms with Gasteiger partial charge in [0, 0.05) is 42.1 Å². The number of phosphoric acid groups is 4. The van der Waals surface area contributed by atoms with Crippen LogP contribution in [0.5, 0.6) is 0 Å². The van der Waals surface area contributed by atoms with Crippen molar-refractivity contribution in [1.82, 2.24) is 0 Å². The van der Waals surface area contributed by atoms with Gasteiger partial charge < -0.3 is 75.1 Å². The van der Waals surface area contributed by atoms with Gasteiger partial charge in [-0.2, -0.15) is 0 Å². The average Bonchev–Trinajstić information content (AvgIpc) is 1.62. The molecule has 0 unspecified atom stereocenters. The average molecular weight is 628 g/mol. The zero-order valence-corrected chi connectivity index (χ0v) is 18.3. The Balaban J connectivity index is -0.0000000183.